The number of nitrogens with two attached hydrogens (primary N) is 1. The van der Waals surface area contributed by atoms with Gasteiger partial charge in [-0.15, -0.1) is 0 Å². The van der Waals surface area contributed by atoms with Gasteiger partial charge in [-0.2, -0.15) is 0 Å². The smallest absolute Gasteiger partial charge is 0.287 e. The molecule has 3 N–H and O–H groups in total. The van der Waals surface area contributed by atoms with Crippen LogP contribution < -0.4 is 11.3 Å². The molecule has 0 unspecified atom stereocenters. The minimum Gasteiger partial charge on any atom is -0.359 e. The van der Waals surface area contributed by atoms with E-state index in [2.05, 4.69) is 5.16 Å². The molecule has 2 rings (SSSR count). The molecule has 0 saturated carbocycles. The van der Waals surface area contributed by atoms with Crippen LogP contribution in [0.5, 0.6) is 0 Å². The van der Waals surface area contributed by atoms with Crippen LogP contribution in [0, 0.1) is 0 Å². The van der Waals surface area contributed by atoms with Crippen LogP contribution in [0.3, 0.4) is 0 Å². The lowest BCUT2D eigenvalue weighted by Gasteiger charge is -2.23. The van der Waals surface area contributed by atoms with Crippen LogP contribution in [0.15, 0.2) is 10.6 Å². The molecule has 1 aliphatic heterocycles. The Balaban J connectivity index is 2.00. The molecule has 0 aromatic carbocycles. The summed E-state index contributed by atoms with van der Waals surface area (Å²) < 4.78 is 5.05. The third kappa shape index (κ3) is 3.54. The topological polar surface area (TPSA) is 101 Å². The van der Waals surface area contributed by atoms with E-state index in [1.54, 1.807) is 4.90 Å². The van der Waals surface area contributed by atoms with Gasteiger partial charge >= 0.3 is 0 Å². The largest absolute Gasteiger partial charge is 0.359 e. The second-order valence-electron chi connectivity index (χ2n) is 4.63. The number of amides is 2. The Morgan fingerprint density at radius 3 is 3.00 bits per heavy atom. The van der Waals surface area contributed by atoms with Gasteiger partial charge in [0, 0.05) is 19.0 Å². The molecule has 0 bridgehead atoms. The summed E-state index contributed by atoms with van der Waals surface area (Å²) in [6, 6.07) is 1.51. The van der Waals surface area contributed by atoms with Crippen molar-refractivity contribution in [3.63, 3.8) is 0 Å². The molecule has 2 heterocycles. The Kier molecular flexibility index (Phi) is 4.51. The van der Waals surface area contributed by atoms with Crippen molar-refractivity contribution in [1.29, 1.82) is 0 Å². The number of rotatable bonds is 3. The number of hydrogen-bond acceptors (Lipinski definition) is 5. The molecule has 1 aromatic heterocycles. The molecular formula is C12H18N4O3. The van der Waals surface area contributed by atoms with Crippen molar-refractivity contribution < 1.29 is 14.1 Å². The molecule has 7 nitrogen and oxygen atoms in total. The summed E-state index contributed by atoms with van der Waals surface area (Å²) in [5, 5.41) is 3.61. The summed E-state index contributed by atoms with van der Waals surface area (Å²) in [6.45, 7) is 1.07. The van der Waals surface area contributed by atoms with Crippen molar-refractivity contribution in [3.05, 3.63) is 17.5 Å². The fourth-order valence-corrected chi connectivity index (χ4v) is 2.14. The lowest BCUT2D eigenvalue weighted by atomic mass is 10.1. The van der Waals surface area contributed by atoms with Crippen LogP contribution in [0.2, 0.25) is 0 Å². The average Bonchev–Trinajstić information content (AvgIpc) is 2.86. The highest BCUT2D eigenvalue weighted by Gasteiger charge is 2.19. The summed E-state index contributed by atoms with van der Waals surface area (Å²) >= 11 is 0. The van der Waals surface area contributed by atoms with Gasteiger partial charge in [0.15, 0.2) is 11.5 Å². The van der Waals surface area contributed by atoms with E-state index in [0.717, 1.165) is 32.2 Å². The molecule has 19 heavy (non-hydrogen) atoms. The summed E-state index contributed by atoms with van der Waals surface area (Å²) in [7, 11) is 0. The Labute approximate surface area is 111 Å². The molecule has 104 valence electrons. The number of carbonyl (C=O) groups excluding carboxylic acids is 2. The minimum absolute atomic E-state index is 0.122. The highest BCUT2D eigenvalue weighted by atomic mass is 16.5. The SMILES string of the molecule is NNC(=O)c1cc(CN2CCCCCCC2=O)on1. The van der Waals surface area contributed by atoms with Crippen molar-refractivity contribution in [3.8, 4) is 0 Å². The van der Waals surface area contributed by atoms with E-state index in [-0.39, 0.29) is 11.6 Å². The molecule has 1 saturated heterocycles. The van der Waals surface area contributed by atoms with Gasteiger partial charge in [0.2, 0.25) is 5.91 Å². The highest BCUT2D eigenvalue weighted by Crippen LogP contribution is 2.15. The lowest BCUT2D eigenvalue weighted by molar-refractivity contribution is -0.132. The second kappa shape index (κ2) is 6.33. The zero-order chi connectivity index (χ0) is 13.7. The number of nitrogens with zero attached hydrogens (tertiary/aromatic N) is 2. The molecule has 0 radical (unpaired) electrons. The van der Waals surface area contributed by atoms with Crippen LogP contribution in [-0.4, -0.2) is 28.4 Å². The second-order valence-corrected chi connectivity index (χ2v) is 4.63. The number of nitrogen functional groups attached to an aromatic ring is 1. The first-order valence-corrected chi connectivity index (χ1v) is 6.45. The monoisotopic (exact) mass is 266 g/mol. The predicted molar refractivity (Wildman–Crippen MR) is 66.7 cm³/mol. The van der Waals surface area contributed by atoms with Crippen LogP contribution in [-0.2, 0) is 11.3 Å². The van der Waals surface area contributed by atoms with Gasteiger partial charge in [-0.05, 0) is 12.8 Å². The molecule has 1 aliphatic rings. The molecule has 1 fully saturated rings. The molecule has 0 atom stereocenters. The maximum atomic E-state index is 11.9. The first-order chi connectivity index (χ1) is 9.20. The Morgan fingerprint density at radius 1 is 1.42 bits per heavy atom. The average molecular weight is 266 g/mol. The van der Waals surface area contributed by atoms with Crippen molar-refractivity contribution in [1.82, 2.24) is 15.5 Å². The van der Waals surface area contributed by atoms with E-state index < -0.39 is 5.91 Å². The van der Waals surface area contributed by atoms with E-state index in [1.165, 1.54) is 6.07 Å². The Hall–Kier alpha value is -1.89. The van der Waals surface area contributed by atoms with Gasteiger partial charge in [0.1, 0.15) is 0 Å². The number of hydrogen-bond donors (Lipinski definition) is 2. The number of aromatic nitrogens is 1. The first-order valence-electron chi connectivity index (χ1n) is 6.45. The quantitative estimate of drug-likeness (QED) is 0.473. The maximum Gasteiger partial charge on any atom is 0.287 e. The summed E-state index contributed by atoms with van der Waals surface area (Å²) in [5.74, 6) is 5.13. The van der Waals surface area contributed by atoms with Crippen LogP contribution in [0.4, 0.5) is 0 Å². The fourth-order valence-electron chi connectivity index (χ4n) is 2.14. The zero-order valence-electron chi connectivity index (χ0n) is 10.7. The van der Waals surface area contributed by atoms with E-state index in [4.69, 9.17) is 10.4 Å². The van der Waals surface area contributed by atoms with Crippen LogP contribution in [0.25, 0.3) is 0 Å². The molecular weight excluding hydrogens is 248 g/mol. The van der Waals surface area contributed by atoms with E-state index >= 15 is 0 Å². The van der Waals surface area contributed by atoms with Gasteiger partial charge in [0.05, 0.1) is 6.54 Å². The van der Waals surface area contributed by atoms with E-state index in [9.17, 15) is 9.59 Å². The third-order valence-corrected chi connectivity index (χ3v) is 3.19. The molecule has 0 aliphatic carbocycles. The third-order valence-electron chi connectivity index (χ3n) is 3.19. The van der Waals surface area contributed by atoms with Crippen molar-refractivity contribution in [2.45, 2.75) is 38.6 Å². The molecule has 1 aromatic rings. The van der Waals surface area contributed by atoms with Gasteiger partial charge in [-0.3, -0.25) is 15.0 Å². The number of carbonyl (C=O) groups is 2. The minimum atomic E-state index is -0.506. The van der Waals surface area contributed by atoms with Crippen molar-refractivity contribution in [2.24, 2.45) is 5.84 Å². The normalized spacial score (nSPS) is 16.9. The highest BCUT2D eigenvalue weighted by molar-refractivity contribution is 5.91. The number of hydrazine groups is 1. The maximum absolute atomic E-state index is 11.9. The van der Waals surface area contributed by atoms with Gasteiger partial charge in [-0.1, -0.05) is 18.0 Å². The van der Waals surface area contributed by atoms with Gasteiger partial charge in [-0.25, -0.2) is 5.84 Å². The fraction of sp³-hybridized carbons (Fsp3) is 0.583. The van der Waals surface area contributed by atoms with Crippen molar-refractivity contribution in [2.75, 3.05) is 6.54 Å². The predicted octanol–water partition coefficient (Wildman–Crippen LogP) is 0.571. The standard InChI is InChI=1S/C12H18N4O3/c13-14-12(18)10-7-9(19-15-10)8-16-6-4-2-1-3-5-11(16)17/h7H,1-6,8,13H2,(H,14,18). The number of likely N-dealkylation sites (tertiary alicyclic amines) is 1. The lowest BCUT2D eigenvalue weighted by Crippen LogP contribution is -2.32. The van der Waals surface area contributed by atoms with Crippen molar-refractivity contribution >= 4 is 11.8 Å². The molecule has 7 heteroatoms. The molecule has 2 amide bonds. The summed E-state index contributed by atoms with van der Waals surface area (Å²) in [5.41, 5.74) is 2.11. The van der Waals surface area contributed by atoms with Crippen LogP contribution >= 0.6 is 0 Å². The first kappa shape index (κ1) is 13.5. The Morgan fingerprint density at radius 2 is 2.21 bits per heavy atom. The summed E-state index contributed by atoms with van der Waals surface area (Å²) in [6.07, 6.45) is 4.76. The van der Waals surface area contributed by atoms with Gasteiger partial charge < -0.3 is 9.42 Å². The Bertz CT molecular complexity index is 458. The summed E-state index contributed by atoms with van der Waals surface area (Å²) in [4.78, 5) is 24.9. The van der Waals surface area contributed by atoms with Crippen LogP contribution in [0.1, 0.15) is 48.4 Å². The zero-order valence-corrected chi connectivity index (χ0v) is 10.7. The molecule has 0 spiro atoms. The van der Waals surface area contributed by atoms with E-state index in [0.29, 0.717) is 18.7 Å². The van der Waals surface area contributed by atoms with E-state index in [1.807, 2.05) is 5.43 Å². The van der Waals surface area contributed by atoms with Gasteiger partial charge in [0.25, 0.3) is 5.91 Å². The number of nitrogens with one attached hydrogen (secondary N) is 1.